The van der Waals surface area contributed by atoms with Crippen LogP contribution < -0.4 is 5.32 Å². The first kappa shape index (κ1) is 8.52. The molecule has 2 aliphatic rings. The molecule has 0 aromatic rings. The van der Waals surface area contributed by atoms with Crippen molar-refractivity contribution in [1.29, 1.82) is 0 Å². The predicted octanol–water partition coefficient (Wildman–Crippen LogP) is 1.55. The van der Waals surface area contributed by atoms with Crippen molar-refractivity contribution in [3.63, 3.8) is 0 Å². The van der Waals surface area contributed by atoms with Gasteiger partial charge in [0.2, 0.25) is 0 Å². The van der Waals surface area contributed by atoms with Crippen LogP contribution in [-0.2, 0) is 4.74 Å². The third-order valence-electron chi connectivity index (χ3n) is 3.43. The largest absolute Gasteiger partial charge is 0.380 e. The summed E-state index contributed by atoms with van der Waals surface area (Å²) < 4.78 is 5.34. The number of rotatable bonds is 2. The van der Waals surface area contributed by atoms with Crippen LogP contribution in [-0.4, -0.2) is 25.8 Å². The van der Waals surface area contributed by atoms with Gasteiger partial charge in [0, 0.05) is 19.7 Å². The molecule has 2 fully saturated rings. The van der Waals surface area contributed by atoms with Crippen LogP contribution in [0.3, 0.4) is 0 Å². The Morgan fingerprint density at radius 3 is 2.58 bits per heavy atom. The lowest BCUT2D eigenvalue weighted by molar-refractivity contribution is 0.115. The zero-order valence-electron chi connectivity index (χ0n) is 7.88. The van der Waals surface area contributed by atoms with Gasteiger partial charge < -0.3 is 10.1 Å². The molecule has 2 unspecified atom stereocenters. The van der Waals surface area contributed by atoms with E-state index < -0.39 is 0 Å². The summed E-state index contributed by atoms with van der Waals surface area (Å²) in [4.78, 5) is 0. The molecular weight excluding hydrogens is 150 g/mol. The molecule has 2 nitrogen and oxygen atoms in total. The van der Waals surface area contributed by atoms with Gasteiger partial charge in [0.05, 0.1) is 6.10 Å². The number of hydrogen-bond donors (Lipinski definition) is 1. The second-order valence-electron chi connectivity index (χ2n) is 4.15. The van der Waals surface area contributed by atoms with Crippen molar-refractivity contribution in [2.75, 3.05) is 13.7 Å². The molecule has 2 heteroatoms. The molecule has 1 saturated carbocycles. The van der Waals surface area contributed by atoms with Crippen molar-refractivity contribution >= 4 is 0 Å². The minimum atomic E-state index is 0.482. The average Bonchev–Trinajstić information content (AvgIpc) is 2.75. The van der Waals surface area contributed by atoms with E-state index in [1.54, 1.807) is 0 Å². The molecule has 1 N–H and O–H groups in total. The van der Waals surface area contributed by atoms with Gasteiger partial charge in [-0.2, -0.15) is 0 Å². The summed E-state index contributed by atoms with van der Waals surface area (Å²) in [6.45, 7) is 1.07. The quantitative estimate of drug-likeness (QED) is 0.677. The van der Waals surface area contributed by atoms with Crippen molar-refractivity contribution in [1.82, 2.24) is 5.32 Å². The molecule has 0 bridgehead atoms. The van der Waals surface area contributed by atoms with Gasteiger partial charge in [-0.05, 0) is 25.2 Å². The highest BCUT2D eigenvalue weighted by molar-refractivity contribution is 4.88. The van der Waals surface area contributed by atoms with Crippen molar-refractivity contribution < 1.29 is 4.74 Å². The van der Waals surface area contributed by atoms with Gasteiger partial charge >= 0.3 is 0 Å². The fourth-order valence-corrected chi connectivity index (χ4v) is 2.63. The monoisotopic (exact) mass is 169 g/mol. The first-order chi connectivity index (χ1) is 5.90. The average molecular weight is 169 g/mol. The minimum Gasteiger partial charge on any atom is -0.380 e. The highest BCUT2D eigenvalue weighted by atomic mass is 16.5. The Balaban J connectivity index is 1.81. The van der Waals surface area contributed by atoms with Crippen LogP contribution in [0.1, 0.15) is 32.1 Å². The second-order valence-corrected chi connectivity index (χ2v) is 4.15. The summed E-state index contributed by atoms with van der Waals surface area (Å²) in [5.41, 5.74) is 0. The van der Waals surface area contributed by atoms with Gasteiger partial charge in [-0.25, -0.2) is 0 Å². The van der Waals surface area contributed by atoms with E-state index in [2.05, 4.69) is 5.32 Å². The van der Waals surface area contributed by atoms with Gasteiger partial charge in [0.1, 0.15) is 0 Å². The first-order valence-electron chi connectivity index (χ1n) is 5.16. The normalized spacial score (nSPS) is 37.8. The van der Waals surface area contributed by atoms with Gasteiger partial charge in [-0.15, -0.1) is 0 Å². The molecule has 1 aliphatic heterocycles. The molecule has 0 aromatic carbocycles. The lowest BCUT2D eigenvalue weighted by Crippen LogP contribution is -2.28. The van der Waals surface area contributed by atoms with Crippen LogP contribution in [0.25, 0.3) is 0 Å². The van der Waals surface area contributed by atoms with Gasteiger partial charge in [0.25, 0.3) is 0 Å². The number of methoxy groups -OCH3 is 1. The highest BCUT2D eigenvalue weighted by Gasteiger charge is 2.31. The maximum atomic E-state index is 5.34. The third-order valence-corrected chi connectivity index (χ3v) is 3.43. The van der Waals surface area contributed by atoms with E-state index >= 15 is 0 Å². The molecule has 1 heterocycles. The molecule has 2 rings (SSSR count). The Bertz CT molecular complexity index is 143. The maximum absolute atomic E-state index is 5.34. The molecule has 12 heavy (non-hydrogen) atoms. The lowest BCUT2D eigenvalue weighted by atomic mass is 9.96. The standard InChI is InChI=1S/C10H19NO/c1-12-9-6-10(11-7-9)8-4-2-3-5-8/h8-11H,2-7H2,1H3. The molecule has 2 atom stereocenters. The van der Waals surface area contributed by atoms with Crippen LogP contribution in [0.15, 0.2) is 0 Å². The fourth-order valence-electron chi connectivity index (χ4n) is 2.63. The van der Waals surface area contributed by atoms with Crippen molar-refractivity contribution in [2.24, 2.45) is 5.92 Å². The summed E-state index contributed by atoms with van der Waals surface area (Å²) in [5, 5.41) is 3.57. The van der Waals surface area contributed by atoms with E-state index in [1.165, 1.54) is 32.1 Å². The minimum absolute atomic E-state index is 0.482. The predicted molar refractivity (Wildman–Crippen MR) is 49.2 cm³/mol. The Morgan fingerprint density at radius 1 is 1.25 bits per heavy atom. The van der Waals surface area contributed by atoms with E-state index in [9.17, 15) is 0 Å². The summed E-state index contributed by atoms with van der Waals surface area (Å²) in [5.74, 6) is 0.949. The molecule has 1 aliphatic carbocycles. The molecule has 0 aromatic heterocycles. The first-order valence-corrected chi connectivity index (χ1v) is 5.16. The molecule has 0 spiro atoms. The van der Waals surface area contributed by atoms with Crippen LogP contribution in [0.4, 0.5) is 0 Å². The van der Waals surface area contributed by atoms with E-state index in [0.717, 1.165) is 18.5 Å². The molecule has 0 radical (unpaired) electrons. The SMILES string of the molecule is COC1CNC(C2CCCC2)C1. The van der Waals surface area contributed by atoms with E-state index in [1.807, 2.05) is 7.11 Å². The zero-order valence-corrected chi connectivity index (χ0v) is 7.88. The Morgan fingerprint density at radius 2 is 2.00 bits per heavy atom. The molecule has 0 amide bonds. The van der Waals surface area contributed by atoms with Crippen molar-refractivity contribution in [3.05, 3.63) is 0 Å². The Hall–Kier alpha value is -0.0800. The smallest absolute Gasteiger partial charge is 0.0710 e. The molecule has 70 valence electrons. The van der Waals surface area contributed by atoms with Crippen LogP contribution >= 0.6 is 0 Å². The highest BCUT2D eigenvalue weighted by Crippen LogP contribution is 2.31. The van der Waals surface area contributed by atoms with Crippen LogP contribution in [0.5, 0.6) is 0 Å². The molecular formula is C10H19NO. The summed E-state index contributed by atoms with van der Waals surface area (Å²) in [6.07, 6.45) is 7.49. The number of ether oxygens (including phenoxy) is 1. The summed E-state index contributed by atoms with van der Waals surface area (Å²) in [7, 11) is 1.82. The topological polar surface area (TPSA) is 21.3 Å². The summed E-state index contributed by atoms with van der Waals surface area (Å²) in [6, 6.07) is 0.762. The van der Waals surface area contributed by atoms with Crippen LogP contribution in [0.2, 0.25) is 0 Å². The zero-order chi connectivity index (χ0) is 8.39. The third kappa shape index (κ3) is 1.64. The van der Waals surface area contributed by atoms with Crippen molar-refractivity contribution in [2.45, 2.75) is 44.2 Å². The van der Waals surface area contributed by atoms with Crippen molar-refractivity contribution in [3.8, 4) is 0 Å². The number of nitrogens with one attached hydrogen (secondary N) is 1. The maximum Gasteiger partial charge on any atom is 0.0710 e. The number of hydrogen-bond acceptors (Lipinski definition) is 2. The lowest BCUT2D eigenvalue weighted by Gasteiger charge is -2.17. The second kappa shape index (κ2) is 3.75. The molecule has 1 saturated heterocycles. The van der Waals surface area contributed by atoms with E-state index in [4.69, 9.17) is 4.74 Å². The Kier molecular flexibility index (Phi) is 2.66. The Labute approximate surface area is 74.7 Å². The van der Waals surface area contributed by atoms with Gasteiger partial charge in [-0.1, -0.05) is 12.8 Å². The van der Waals surface area contributed by atoms with E-state index in [0.29, 0.717) is 6.10 Å². The van der Waals surface area contributed by atoms with Crippen LogP contribution in [0, 0.1) is 5.92 Å². The van der Waals surface area contributed by atoms with E-state index in [-0.39, 0.29) is 0 Å². The van der Waals surface area contributed by atoms with Gasteiger partial charge in [-0.3, -0.25) is 0 Å². The summed E-state index contributed by atoms with van der Waals surface area (Å²) >= 11 is 0. The van der Waals surface area contributed by atoms with Gasteiger partial charge in [0.15, 0.2) is 0 Å². The fraction of sp³-hybridized carbons (Fsp3) is 1.00.